The molecular weight excluding hydrogens is 172 g/mol. The second-order valence-electron chi connectivity index (χ2n) is 2.48. The second kappa shape index (κ2) is 4.42. The number of nitrogens with two attached hydrogens (primary N) is 1. The van der Waals surface area contributed by atoms with Gasteiger partial charge >= 0.3 is 0 Å². The van der Waals surface area contributed by atoms with Crippen LogP contribution in [0.5, 0.6) is 5.75 Å². The Morgan fingerprint density at radius 1 is 1.46 bits per heavy atom. The van der Waals surface area contributed by atoms with Crippen LogP contribution in [0.1, 0.15) is 0 Å². The van der Waals surface area contributed by atoms with Crippen molar-refractivity contribution in [3.8, 4) is 5.75 Å². The van der Waals surface area contributed by atoms with Crippen molar-refractivity contribution in [3.05, 3.63) is 40.4 Å². The van der Waals surface area contributed by atoms with E-state index in [1.165, 1.54) is 0 Å². The van der Waals surface area contributed by atoms with E-state index in [-0.39, 0.29) is 6.61 Å². The summed E-state index contributed by atoms with van der Waals surface area (Å²) in [6, 6.07) is 8.83. The standard InChI is InChI=1S/C8H10N2O3/c9-8(10(11)12)6-13-7-4-2-1-3-5-7/h1-5,8H,6,9H2. The van der Waals surface area contributed by atoms with Crippen LogP contribution < -0.4 is 10.5 Å². The minimum atomic E-state index is -1.17. The Morgan fingerprint density at radius 2 is 2.08 bits per heavy atom. The fourth-order valence-electron chi connectivity index (χ4n) is 0.759. The van der Waals surface area contributed by atoms with E-state index in [0.29, 0.717) is 5.75 Å². The predicted molar refractivity (Wildman–Crippen MR) is 46.9 cm³/mol. The maximum absolute atomic E-state index is 10.1. The molecule has 13 heavy (non-hydrogen) atoms. The van der Waals surface area contributed by atoms with Gasteiger partial charge in [0.25, 0.3) is 6.17 Å². The summed E-state index contributed by atoms with van der Waals surface area (Å²) in [6.07, 6.45) is -1.17. The highest BCUT2D eigenvalue weighted by atomic mass is 16.6. The molecule has 0 saturated carbocycles. The van der Waals surface area contributed by atoms with E-state index in [4.69, 9.17) is 10.5 Å². The van der Waals surface area contributed by atoms with Gasteiger partial charge in [0.05, 0.1) is 0 Å². The van der Waals surface area contributed by atoms with E-state index in [0.717, 1.165) is 0 Å². The van der Waals surface area contributed by atoms with E-state index in [1.807, 2.05) is 6.07 Å². The van der Waals surface area contributed by atoms with Gasteiger partial charge in [-0.05, 0) is 12.1 Å². The highest BCUT2D eigenvalue weighted by molar-refractivity contribution is 5.20. The van der Waals surface area contributed by atoms with E-state index in [2.05, 4.69) is 0 Å². The molecule has 1 atom stereocenters. The molecule has 1 aromatic rings. The summed E-state index contributed by atoms with van der Waals surface area (Å²) < 4.78 is 5.06. The number of para-hydroxylation sites is 1. The molecule has 0 bridgehead atoms. The van der Waals surface area contributed by atoms with Crippen molar-refractivity contribution < 1.29 is 9.66 Å². The molecule has 5 heteroatoms. The lowest BCUT2D eigenvalue weighted by Crippen LogP contribution is -2.35. The summed E-state index contributed by atoms with van der Waals surface area (Å²) in [5.41, 5.74) is 5.14. The summed E-state index contributed by atoms with van der Waals surface area (Å²) in [5, 5.41) is 10.1. The number of rotatable bonds is 4. The van der Waals surface area contributed by atoms with E-state index in [1.54, 1.807) is 24.3 Å². The molecule has 0 aliphatic rings. The highest BCUT2D eigenvalue weighted by Crippen LogP contribution is 2.07. The van der Waals surface area contributed by atoms with Crippen molar-refractivity contribution in [1.82, 2.24) is 0 Å². The van der Waals surface area contributed by atoms with Crippen LogP contribution in [0.2, 0.25) is 0 Å². The summed E-state index contributed by atoms with van der Waals surface area (Å²) >= 11 is 0. The minimum absolute atomic E-state index is 0.114. The molecule has 70 valence electrons. The third-order valence-corrected chi connectivity index (χ3v) is 1.43. The topological polar surface area (TPSA) is 78.4 Å². The third-order valence-electron chi connectivity index (χ3n) is 1.43. The summed E-state index contributed by atoms with van der Waals surface area (Å²) in [4.78, 5) is 9.54. The van der Waals surface area contributed by atoms with Crippen molar-refractivity contribution in [2.45, 2.75) is 6.17 Å². The first kappa shape index (κ1) is 9.47. The Labute approximate surface area is 75.3 Å². The lowest BCUT2D eigenvalue weighted by Gasteiger charge is -2.06. The average Bonchev–Trinajstić information content (AvgIpc) is 2.15. The molecule has 0 saturated heterocycles. The molecule has 5 nitrogen and oxygen atoms in total. The monoisotopic (exact) mass is 182 g/mol. The molecule has 2 N–H and O–H groups in total. The lowest BCUT2D eigenvalue weighted by atomic mass is 10.3. The fraction of sp³-hybridized carbons (Fsp3) is 0.250. The summed E-state index contributed by atoms with van der Waals surface area (Å²) in [5.74, 6) is 0.583. The van der Waals surface area contributed by atoms with Crippen molar-refractivity contribution in [2.75, 3.05) is 6.61 Å². The van der Waals surface area contributed by atoms with Crippen LogP contribution in [0.4, 0.5) is 0 Å². The maximum atomic E-state index is 10.1. The molecular formula is C8H10N2O3. The Morgan fingerprint density at radius 3 is 2.62 bits per heavy atom. The van der Waals surface area contributed by atoms with Crippen LogP contribution >= 0.6 is 0 Å². The predicted octanol–water partition coefficient (Wildman–Crippen LogP) is 0.627. The number of hydrogen-bond acceptors (Lipinski definition) is 4. The van der Waals surface area contributed by atoms with Gasteiger partial charge in [0.1, 0.15) is 5.75 Å². The number of hydrogen-bond donors (Lipinski definition) is 1. The molecule has 0 amide bonds. The Bertz CT molecular complexity index is 276. The first-order chi connectivity index (χ1) is 6.20. The van der Waals surface area contributed by atoms with Crippen LogP contribution in [0.3, 0.4) is 0 Å². The van der Waals surface area contributed by atoms with Crippen LogP contribution in [0.25, 0.3) is 0 Å². The largest absolute Gasteiger partial charge is 0.485 e. The normalized spacial score (nSPS) is 12.1. The molecule has 0 aromatic heterocycles. The van der Waals surface area contributed by atoms with E-state index >= 15 is 0 Å². The molecule has 1 aromatic carbocycles. The first-order valence-corrected chi connectivity index (χ1v) is 3.77. The molecule has 0 aliphatic carbocycles. The Hall–Kier alpha value is -1.62. The van der Waals surface area contributed by atoms with Gasteiger partial charge in [0, 0.05) is 4.92 Å². The van der Waals surface area contributed by atoms with Crippen LogP contribution in [0, 0.1) is 10.1 Å². The second-order valence-corrected chi connectivity index (χ2v) is 2.48. The van der Waals surface area contributed by atoms with Crippen molar-refractivity contribution in [1.29, 1.82) is 0 Å². The SMILES string of the molecule is NC(COc1ccccc1)[N+](=O)[O-]. The molecule has 0 spiro atoms. The van der Waals surface area contributed by atoms with E-state index < -0.39 is 11.1 Å². The smallest absolute Gasteiger partial charge is 0.297 e. The van der Waals surface area contributed by atoms with Crippen molar-refractivity contribution >= 4 is 0 Å². The maximum Gasteiger partial charge on any atom is 0.297 e. The lowest BCUT2D eigenvalue weighted by molar-refractivity contribution is -0.523. The molecule has 0 heterocycles. The van der Waals surface area contributed by atoms with Crippen LogP contribution in [-0.2, 0) is 0 Å². The molecule has 0 fully saturated rings. The average molecular weight is 182 g/mol. The highest BCUT2D eigenvalue weighted by Gasteiger charge is 2.13. The van der Waals surface area contributed by atoms with Gasteiger partial charge in [-0.1, -0.05) is 18.2 Å². The van der Waals surface area contributed by atoms with Gasteiger partial charge in [-0.25, -0.2) is 0 Å². The molecule has 0 aliphatic heterocycles. The van der Waals surface area contributed by atoms with Crippen LogP contribution in [-0.4, -0.2) is 17.7 Å². The molecule has 0 radical (unpaired) electrons. The number of nitrogens with zero attached hydrogens (tertiary/aromatic N) is 1. The number of ether oxygens (including phenoxy) is 1. The fourth-order valence-corrected chi connectivity index (χ4v) is 0.759. The Kier molecular flexibility index (Phi) is 3.22. The summed E-state index contributed by atoms with van der Waals surface area (Å²) in [7, 11) is 0. The zero-order chi connectivity index (χ0) is 9.68. The number of nitro groups is 1. The quantitative estimate of drug-likeness (QED) is 0.420. The zero-order valence-corrected chi connectivity index (χ0v) is 6.92. The first-order valence-electron chi connectivity index (χ1n) is 3.77. The third kappa shape index (κ3) is 3.08. The molecule has 1 unspecified atom stereocenters. The van der Waals surface area contributed by atoms with Crippen LogP contribution in [0.15, 0.2) is 30.3 Å². The molecule has 1 rings (SSSR count). The van der Waals surface area contributed by atoms with Gasteiger partial charge in [-0.3, -0.25) is 15.8 Å². The van der Waals surface area contributed by atoms with Gasteiger partial charge in [0.2, 0.25) is 0 Å². The Balaban J connectivity index is 2.39. The van der Waals surface area contributed by atoms with Crippen molar-refractivity contribution in [3.63, 3.8) is 0 Å². The number of benzene rings is 1. The summed E-state index contributed by atoms with van der Waals surface area (Å²) in [6.45, 7) is -0.114. The minimum Gasteiger partial charge on any atom is -0.485 e. The van der Waals surface area contributed by atoms with Gasteiger partial charge < -0.3 is 4.74 Å². The van der Waals surface area contributed by atoms with Crippen molar-refractivity contribution in [2.24, 2.45) is 5.73 Å². The zero-order valence-electron chi connectivity index (χ0n) is 6.92. The van der Waals surface area contributed by atoms with Gasteiger partial charge in [0.15, 0.2) is 6.61 Å². The van der Waals surface area contributed by atoms with Gasteiger partial charge in [-0.2, -0.15) is 0 Å². The van der Waals surface area contributed by atoms with Gasteiger partial charge in [-0.15, -0.1) is 0 Å². The van der Waals surface area contributed by atoms with E-state index in [9.17, 15) is 10.1 Å².